The Morgan fingerprint density at radius 1 is 1.02 bits per heavy atom. The summed E-state index contributed by atoms with van der Waals surface area (Å²) in [6.07, 6.45) is 11.9. The van der Waals surface area contributed by atoms with Crippen molar-refractivity contribution in [2.24, 2.45) is 22.4 Å². The lowest BCUT2D eigenvalue weighted by Gasteiger charge is -2.35. The molecule has 3 atom stereocenters. The van der Waals surface area contributed by atoms with Crippen molar-refractivity contribution in [2.45, 2.75) is 113 Å². The fourth-order valence-corrected chi connectivity index (χ4v) is 3.66. The summed E-state index contributed by atoms with van der Waals surface area (Å²) in [6.45, 7) is 22.0. The Morgan fingerprint density at radius 3 is 2.06 bits per heavy atom. The lowest BCUT2D eigenvalue weighted by atomic mass is 9.85. The molecule has 47 heavy (non-hydrogen) atoms. The van der Waals surface area contributed by atoms with Crippen LogP contribution in [0.4, 0.5) is 4.79 Å². The fourth-order valence-electron chi connectivity index (χ4n) is 3.66. The molecule has 3 unspecified atom stereocenters. The maximum absolute atomic E-state index is 13.5. The summed E-state index contributed by atoms with van der Waals surface area (Å²) in [5, 5.41) is 11.7. The normalized spacial score (nSPS) is 16.5. The van der Waals surface area contributed by atoms with Gasteiger partial charge in [-0.05, 0) is 62.4 Å². The molecular weight excluding hydrogens is 620 g/mol. The van der Waals surface area contributed by atoms with Gasteiger partial charge in [0.25, 0.3) is 5.91 Å². The molecule has 1 heterocycles. The van der Waals surface area contributed by atoms with E-state index in [1.54, 1.807) is 16.7 Å². The molecule has 0 bridgehead atoms. The van der Waals surface area contributed by atoms with E-state index in [1.165, 1.54) is 25.6 Å². The van der Waals surface area contributed by atoms with Crippen LogP contribution in [-0.2, 0) is 23.9 Å². The van der Waals surface area contributed by atoms with Gasteiger partial charge in [-0.3, -0.25) is 24.6 Å². The van der Waals surface area contributed by atoms with Crippen molar-refractivity contribution in [1.29, 1.82) is 0 Å². The van der Waals surface area contributed by atoms with E-state index in [-0.39, 0.29) is 25.0 Å². The smallest absolute Gasteiger partial charge is 0.325 e. The molecule has 0 radical (unpaired) electrons. The van der Waals surface area contributed by atoms with Crippen LogP contribution in [0.25, 0.3) is 0 Å². The summed E-state index contributed by atoms with van der Waals surface area (Å²) in [7, 11) is 0. The number of hydrogen-bond acceptors (Lipinski definition) is 9. The first kappa shape index (κ1) is 46.0. The molecule has 0 spiro atoms. The Morgan fingerprint density at radius 2 is 1.57 bits per heavy atom. The van der Waals surface area contributed by atoms with Crippen molar-refractivity contribution < 1.29 is 28.7 Å². The van der Waals surface area contributed by atoms with Gasteiger partial charge in [-0.25, -0.2) is 4.79 Å². The number of nitrogens with zero attached hydrogens (tertiary/aromatic N) is 2. The Labute approximate surface area is 288 Å². The van der Waals surface area contributed by atoms with Crippen LogP contribution < -0.4 is 21.4 Å². The minimum absolute atomic E-state index is 0.186. The lowest BCUT2D eigenvalue weighted by Crippen LogP contribution is -2.58. The highest BCUT2D eigenvalue weighted by molar-refractivity contribution is 7.97. The largest absolute Gasteiger partial charge is 0.464 e. The van der Waals surface area contributed by atoms with Gasteiger partial charge >= 0.3 is 12.0 Å². The number of ketones is 1. The van der Waals surface area contributed by atoms with Gasteiger partial charge in [-0.2, -0.15) is 16.9 Å². The predicted octanol–water partition coefficient (Wildman–Crippen LogP) is 4.54. The van der Waals surface area contributed by atoms with Crippen molar-refractivity contribution in [1.82, 2.24) is 26.3 Å². The number of nitrogens with one attached hydrogen (secondary N) is 4. The molecule has 13 heteroatoms. The summed E-state index contributed by atoms with van der Waals surface area (Å²) in [6, 6.07) is -2.69. The average molecular weight is 685 g/mol. The molecule has 2 rings (SSSR count). The molecule has 0 aromatic carbocycles. The maximum atomic E-state index is 13.5. The second-order valence-corrected chi connectivity index (χ2v) is 14.1. The fraction of sp³-hybridized carbons (Fsp3) is 0.765. The number of carbonyl (C=O) groups excluding carboxylic acids is 5. The molecule has 1 saturated heterocycles. The van der Waals surface area contributed by atoms with E-state index in [0.717, 1.165) is 25.2 Å². The number of likely N-dealkylation sites (tertiary alicyclic amines) is 1. The number of ether oxygens (including phenoxy) is 1. The third kappa shape index (κ3) is 23.0. The van der Waals surface area contributed by atoms with Crippen LogP contribution in [-0.4, -0.2) is 97.6 Å². The number of rotatable bonds is 13. The molecule has 1 aliphatic carbocycles. The van der Waals surface area contributed by atoms with Crippen molar-refractivity contribution >= 4 is 47.6 Å². The molecule has 12 nitrogen and oxygen atoms in total. The van der Waals surface area contributed by atoms with E-state index in [2.05, 4.69) is 67.7 Å². The number of thioether (sulfide) groups is 1. The molecule has 1 aliphatic heterocycles. The molecular formula is C34H64N6O6S. The Hall–Kier alpha value is -3.09. The van der Waals surface area contributed by atoms with Gasteiger partial charge in [0.1, 0.15) is 18.6 Å². The number of urea groups is 1. The third-order valence-electron chi connectivity index (χ3n) is 6.08. The maximum Gasteiger partial charge on any atom is 0.325 e. The Balaban J connectivity index is 0. The minimum atomic E-state index is -0.856. The first-order valence-corrected chi connectivity index (χ1v) is 18.3. The second kappa shape index (κ2) is 25.9. The predicted molar refractivity (Wildman–Crippen MR) is 193 cm³/mol. The summed E-state index contributed by atoms with van der Waals surface area (Å²) in [5.41, 5.74) is 2.03. The van der Waals surface area contributed by atoms with Gasteiger partial charge in [0.15, 0.2) is 0 Å². The standard InChI is InChI=1S/C25H40N6O6.C4H10.C3H8.C2H6S/c1-6-11-26-22(34)20(33)16(2)30-28-13-18-8-7-12-31(18)23(35)21(25(3,4)5)29-24(36)27-14-19(32)37-15-17-9-10-17;1-4(2)3;2*1-3-2/h6,13,16-18,21,30H,1,7-12,14-15H2,2-5H3,(H,26,34)(H2,27,29,36);4H,1-3H3;3H2,1-2H3;1-2H3. The molecule has 1 saturated carbocycles. The van der Waals surface area contributed by atoms with Crippen LogP contribution in [0, 0.1) is 17.3 Å². The molecule has 2 aliphatic rings. The average Bonchev–Trinajstić information content (AvgIpc) is 3.70. The highest BCUT2D eigenvalue weighted by atomic mass is 32.2. The van der Waals surface area contributed by atoms with E-state index >= 15 is 0 Å². The minimum Gasteiger partial charge on any atom is -0.464 e. The zero-order valence-corrected chi connectivity index (χ0v) is 31.7. The van der Waals surface area contributed by atoms with E-state index in [4.69, 9.17) is 4.74 Å². The molecule has 4 N–H and O–H groups in total. The van der Waals surface area contributed by atoms with E-state index in [9.17, 15) is 24.0 Å². The van der Waals surface area contributed by atoms with Gasteiger partial charge < -0.3 is 25.6 Å². The van der Waals surface area contributed by atoms with Gasteiger partial charge in [0, 0.05) is 19.3 Å². The number of hydrogen-bond donors (Lipinski definition) is 4. The topological polar surface area (TPSA) is 158 Å². The number of amides is 4. The van der Waals surface area contributed by atoms with Gasteiger partial charge in [-0.1, -0.05) is 67.9 Å². The number of esters is 1. The summed E-state index contributed by atoms with van der Waals surface area (Å²) >= 11 is 1.75. The zero-order valence-electron chi connectivity index (χ0n) is 30.9. The second-order valence-electron chi connectivity index (χ2n) is 13.3. The summed E-state index contributed by atoms with van der Waals surface area (Å²) < 4.78 is 5.11. The van der Waals surface area contributed by atoms with Gasteiger partial charge in [-0.15, -0.1) is 6.58 Å². The summed E-state index contributed by atoms with van der Waals surface area (Å²) in [5.74, 6) is -0.937. The molecule has 0 aromatic rings. The monoisotopic (exact) mass is 684 g/mol. The van der Waals surface area contributed by atoms with E-state index < -0.39 is 41.2 Å². The van der Waals surface area contributed by atoms with Crippen molar-refractivity contribution in [2.75, 3.05) is 38.8 Å². The quantitative estimate of drug-likeness (QED) is 0.0724. The molecule has 4 amide bonds. The van der Waals surface area contributed by atoms with Crippen LogP contribution in [0.1, 0.15) is 94.4 Å². The van der Waals surface area contributed by atoms with Crippen molar-refractivity contribution in [3.05, 3.63) is 12.7 Å². The molecule has 0 aromatic heterocycles. The summed E-state index contributed by atoms with van der Waals surface area (Å²) in [4.78, 5) is 63.3. The SMILES string of the molecule is C=CCNC(=O)C(=O)C(C)NN=CC1CCCN1C(=O)C(NC(=O)NCC(=O)OCC1CC1)C(C)(C)C.CC(C)C.CCC.CSC. The lowest BCUT2D eigenvalue weighted by molar-refractivity contribution is -0.142. The van der Waals surface area contributed by atoms with E-state index in [0.29, 0.717) is 25.5 Å². The Bertz CT molecular complexity index is 976. The third-order valence-corrected chi connectivity index (χ3v) is 6.08. The highest BCUT2D eigenvalue weighted by Crippen LogP contribution is 2.28. The van der Waals surface area contributed by atoms with Crippen molar-refractivity contribution in [3.63, 3.8) is 0 Å². The number of Topliss-reactive ketones (excluding diaryl/α,β-unsaturated/α-hetero) is 1. The van der Waals surface area contributed by atoms with Crippen LogP contribution in [0.2, 0.25) is 0 Å². The molecule has 272 valence electrons. The van der Waals surface area contributed by atoms with Crippen LogP contribution in [0.3, 0.4) is 0 Å². The molecule has 2 fully saturated rings. The van der Waals surface area contributed by atoms with Gasteiger partial charge in [0.2, 0.25) is 11.7 Å². The van der Waals surface area contributed by atoms with Crippen LogP contribution >= 0.6 is 11.8 Å². The van der Waals surface area contributed by atoms with Gasteiger partial charge in [0.05, 0.1) is 12.6 Å². The van der Waals surface area contributed by atoms with Crippen molar-refractivity contribution in [3.8, 4) is 0 Å². The number of hydrazone groups is 1. The highest BCUT2D eigenvalue weighted by Gasteiger charge is 2.39. The Kier molecular flexibility index (Phi) is 25.4. The van der Waals surface area contributed by atoms with Crippen LogP contribution in [0.5, 0.6) is 0 Å². The number of carbonyl (C=O) groups is 5. The van der Waals surface area contributed by atoms with E-state index in [1.807, 2.05) is 33.3 Å². The first-order valence-electron chi connectivity index (χ1n) is 16.6. The first-order chi connectivity index (χ1) is 22.0. The van der Waals surface area contributed by atoms with Crippen LogP contribution in [0.15, 0.2) is 17.8 Å². The zero-order chi connectivity index (χ0) is 36.6.